The lowest BCUT2D eigenvalue weighted by molar-refractivity contribution is -0.360. The second-order valence-corrected chi connectivity index (χ2v) is 22.9. The zero-order chi connectivity index (χ0) is 58.2. The summed E-state index contributed by atoms with van der Waals surface area (Å²) in [5.41, 5.74) is 0. The molecule has 1 aliphatic carbocycles. The smallest absolute Gasteiger partial charge is 0.462 e. The molecule has 0 spiro atoms. The summed E-state index contributed by atoms with van der Waals surface area (Å²) in [5, 5.41) is 117. The Morgan fingerprint density at radius 1 is 0.468 bits per heavy atom. The van der Waals surface area contributed by atoms with Crippen molar-refractivity contribution in [2.75, 3.05) is 26.4 Å². The summed E-state index contributed by atoms with van der Waals surface area (Å²) in [7, 11) is -5.63. The maximum absolute atomic E-state index is 14.0. The number of unbranched alkanes of at least 4 members (excludes halogenated alkanes) is 23. The van der Waals surface area contributed by atoms with Gasteiger partial charge < -0.3 is 89.5 Å². The molecule has 0 aromatic carbocycles. The van der Waals surface area contributed by atoms with Gasteiger partial charge >= 0.3 is 19.8 Å². The highest BCUT2D eigenvalue weighted by atomic mass is 31.2. The number of hydrogen-bond donors (Lipinski definition) is 12. The van der Waals surface area contributed by atoms with Crippen LogP contribution in [0.15, 0.2) is 12.2 Å². The minimum absolute atomic E-state index is 0.0304. The van der Waals surface area contributed by atoms with Gasteiger partial charge in [-0.05, 0) is 38.5 Å². The lowest BCUT2D eigenvalue weighted by Crippen LogP contribution is -2.69. The molecule has 3 fully saturated rings. The number of phosphoric ester groups is 1. The first kappa shape index (κ1) is 71.5. The molecule has 79 heavy (non-hydrogen) atoms. The minimum atomic E-state index is -5.63. The highest BCUT2D eigenvalue weighted by Crippen LogP contribution is 2.49. The zero-order valence-corrected chi connectivity index (χ0v) is 47.8. The molecule has 0 aromatic rings. The molecule has 2 saturated heterocycles. The van der Waals surface area contributed by atoms with Crippen LogP contribution in [0.4, 0.5) is 0 Å². The number of allylic oxidation sites excluding steroid dienone is 2. The van der Waals surface area contributed by atoms with Crippen LogP contribution < -0.4 is 0 Å². The number of aliphatic hydroxyl groups excluding tert-OH is 11. The molecule has 3 rings (SSSR count). The van der Waals surface area contributed by atoms with Crippen molar-refractivity contribution in [3.8, 4) is 0 Å². The van der Waals surface area contributed by atoms with E-state index in [1.807, 2.05) is 0 Å². The van der Waals surface area contributed by atoms with E-state index >= 15 is 0 Å². The summed E-state index contributed by atoms with van der Waals surface area (Å²) in [5.74, 6) is -1.35. The Morgan fingerprint density at radius 3 is 1.25 bits per heavy atom. The van der Waals surface area contributed by atoms with Gasteiger partial charge in [-0.3, -0.25) is 18.6 Å². The van der Waals surface area contributed by atoms with Gasteiger partial charge in [0.05, 0.1) is 19.8 Å². The van der Waals surface area contributed by atoms with Gasteiger partial charge in [-0.2, -0.15) is 0 Å². The predicted octanol–water partition coefficient (Wildman–Crippen LogP) is 3.93. The molecule has 0 aromatic heterocycles. The number of aliphatic hydroxyl groups is 11. The second-order valence-electron chi connectivity index (χ2n) is 21.5. The largest absolute Gasteiger partial charge is 0.472 e. The van der Waals surface area contributed by atoms with Crippen LogP contribution in [0.1, 0.15) is 194 Å². The summed E-state index contributed by atoms with van der Waals surface area (Å²) < 4.78 is 58.1. The first-order valence-corrected chi connectivity index (χ1v) is 31.0. The average Bonchev–Trinajstić information content (AvgIpc) is 3.50. The summed E-state index contributed by atoms with van der Waals surface area (Å²) in [6.45, 7) is 0.993. The van der Waals surface area contributed by atoms with Gasteiger partial charge in [-0.1, -0.05) is 154 Å². The van der Waals surface area contributed by atoms with E-state index in [0.717, 1.165) is 64.2 Å². The molecule has 12 N–H and O–H groups in total. The molecule has 24 heteroatoms. The highest BCUT2D eigenvalue weighted by molar-refractivity contribution is 7.47. The Hall–Kier alpha value is -1.81. The molecular formula is C55H101O23P. The van der Waals surface area contributed by atoms with Crippen molar-refractivity contribution < 1.29 is 113 Å². The van der Waals surface area contributed by atoms with Crippen molar-refractivity contribution in [2.45, 2.75) is 298 Å². The van der Waals surface area contributed by atoms with Crippen LogP contribution >= 0.6 is 7.82 Å². The first-order valence-electron chi connectivity index (χ1n) is 29.5. The van der Waals surface area contributed by atoms with E-state index in [1.165, 1.54) is 89.9 Å². The maximum atomic E-state index is 14.0. The molecule has 0 bridgehead atoms. The third-order valence-corrected chi connectivity index (χ3v) is 15.8. The summed E-state index contributed by atoms with van der Waals surface area (Å²) in [6.07, 6.45) is -2.30. The van der Waals surface area contributed by atoms with Gasteiger partial charge in [-0.25, -0.2) is 4.57 Å². The Labute approximate surface area is 467 Å². The van der Waals surface area contributed by atoms with Crippen LogP contribution in [0.5, 0.6) is 0 Å². The second kappa shape index (κ2) is 40.5. The highest BCUT2D eigenvalue weighted by Gasteiger charge is 2.58. The number of ether oxygens (including phenoxy) is 6. The van der Waals surface area contributed by atoms with E-state index in [4.69, 9.17) is 37.5 Å². The number of esters is 2. The zero-order valence-electron chi connectivity index (χ0n) is 46.9. The van der Waals surface area contributed by atoms with E-state index in [9.17, 15) is 75.2 Å². The Bertz CT molecular complexity index is 1630. The van der Waals surface area contributed by atoms with Gasteiger partial charge in [-0.15, -0.1) is 0 Å². The normalized spacial score (nSPS) is 31.5. The lowest BCUT2D eigenvalue weighted by Gasteiger charge is -2.49. The van der Waals surface area contributed by atoms with Gasteiger partial charge in [0.15, 0.2) is 18.7 Å². The number of carbonyl (C=O) groups excluding carboxylic acids is 2. The predicted molar refractivity (Wildman–Crippen MR) is 287 cm³/mol. The summed E-state index contributed by atoms with van der Waals surface area (Å²) in [4.78, 5) is 37.5. The van der Waals surface area contributed by atoms with Crippen molar-refractivity contribution in [1.82, 2.24) is 0 Å². The average molecular weight is 1160 g/mol. The van der Waals surface area contributed by atoms with Crippen LogP contribution in [0.25, 0.3) is 0 Å². The molecule has 0 radical (unpaired) electrons. The SMILES string of the molecule is CCCCCCCCC/C=C\CCCCCC(=O)OCC(COP(=O)(O)OC1C(OC2OC(CO)C(O)C(O)C2O)C(O)C(O)C(O)C1OC1OC(CO)C(O)C(O)C1O)OC(=O)CCCCCCCCCCCCCCCC. The van der Waals surface area contributed by atoms with Gasteiger partial charge in [0, 0.05) is 12.8 Å². The van der Waals surface area contributed by atoms with Crippen LogP contribution in [0, 0.1) is 0 Å². The molecular weight excluding hydrogens is 1060 g/mol. The standard InChI is InChI=1S/C55H101O23P/c1-3-5-7-9-11-13-15-17-19-21-23-25-27-29-31-40(58)71-35-37(73-41(59)32-30-28-26-24-22-20-18-16-14-12-10-8-6-4-2)36-72-79(69,70)78-53-51(76-54-49(67)44(62)42(60)38(33-56)74-54)47(65)46(64)48(66)52(53)77-55-50(68)45(63)43(61)39(34-57)75-55/h19,21,37-39,42-57,60-68H,3-18,20,22-36H2,1-2H3,(H,69,70)/b21-19-. The van der Waals surface area contributed by atoms with Crippen molar-refractivity contribution in [3.63, 3.8) is 0 Å². The molecule has 2 aliphatic heterocycles. The van der Waals surface area contributed by atoms with Crippen molar-refractivity contribution in [2.24, 2.45) is 0 Å². The molecule has 0 amide bonds. The Kier molecular flexibility index (Phi) is 36.6. The van der Waals surface area contributed by atoms with Gasteiger partial charge in [0.25, 0.3) is 0 Å². The maximum Gasteiger partial charge on any atom is 0.472 e. The molecule has 464 valence electrons. The van der Waals surface area contributed by atoms with Gasteiger partial charge in [0.1, 0.15) is 92.1 Å². The monoisotopic (exact) mass is 1160 g/mol. The van der Waals surface area contributed by atoms with Crippen LogP contribution in [0.2, 0.25) is 0 Å². The van der Waals surface area contributed by atoms with Gasteiger partial charge in [0.2, 0.25) is 0 Å². The minimum Gasteiger partial charge on any atom is -0.462 e. The molecule has 1 saturated carbocycles. The third-order valence-electron chi connectivity index (χ3n) is 14.8. The fraction of sp³-hybridized carbons (Fsp3) is 0.927. The third kappa shape index (κ3) is 26.3. The fourth-order valence-electron chi connectivity index (χ4n) is 9.88. The van der Waals surface area contributed by atoms with E-state index in [0.29, 0.717) is 12.8 Å². The Balaban J connectivity index is 1.71. The lowest BCUT2D eigenvalue weighted by atomic mass is 9.84. The van der Waals surface area contributed by atoms with Crippen molar-refractivity contribution in [3.05, 3.63) is 12.2 Å². The molecule has 16 atom stereocenters. The molecule has 16 unspecified atom stereocenters. The van der Waals surface area contributed by atoms with E-state index in [1.54, 1.807) is 0 Å². The fourth-order valence-corrected chi connectivity index (χ4v) is 10.8. The van der Waals surface area contributed by atoms with Crippen molar-refractivity contribution in [1.29, 1.82) is 0 Å². The van der Waals surface area contributed by atoms with E-state index in [2.05, 4.69) is 26.0 Å². The first-order chi connectivity index (χ1) is 37.9. The number of carbonyl (C=O) groups is 2. The van der Waals surface area contributed by atoms with Crippen LogP contribution in [-0.2, 0) is 51.6 Å². The van der Waals surface area contributed by atoms with Crippen LogP contribution in [0.3, 0.4) is 0 Å². The van der Waals surface area contributed by atoms with E-state index < -0.39 is 150 Å². The van der Waals surface area contributed by atoms with Crippen molar-refractivity contribution >= 4 is 19.8 Å². The van der Waals surface area contributed by atoms with Crippen LogP contribution in [-0.4, -0.2) is 204 Å². The topological polar surface area (TPSA) is 368 Å². The Morgan fingerprint density at radius 2 is 0.835 bits per heavy atom. The molecule has 3 aliphatic rings. The molecule has 2 heterocycles. The summed E-state index contributed by atoms with van der Waals surface area (Å²) in [6, 6.07) is 0. The number of phosphoric acid groups is 1. The number of rotatable bonds is 43. The summed E-state index contributed by atoms with van der Waals surface area (Å²) >= 11 is 0. The van der Waals surface area contributed by atoms with E-state index in [-0.39, 0.29) is 12.8 Å². The molecule has 23 nitrogen and oxygen atoms in total. The quantitative estimate of drug-likeness (QED) is 0.0178. The number of hydrogen-bond acceptors (Lipinski definition) is 22.